The van der Waals surface area contributed by atoms with Gasteiger partial charge < -0.3 is 15.4 Å². The Hall–Kier alpha value is -1.55. The topological polar surface area (TPSA) is 106 Å². The lowest BCUT2D eigenvalue weighted by Gasteiger charge is -2.27. The second kappa shape index (κ2) is 9.07. The lowest BCUT2D eigenvalue weighted by molar-refractivity contribution is -0.384. The minimum Gasteiger partial charge on any atom is -0.450 e. The summed E-state index contributed by atoms with van der Waals surface area (Å²) in [7, 11) is 0. The van der Waals surface area contributed by atoms with Gasteiger partial charge in [0.15, 0.2) is 11.3 Å². The number of non-ortho nitro benzene ring substituents is 1. The Bertz CT molecular complexity index is 627. The number of carbonyl (C=O) groups excluding carboxylic acids is 1. The van der Waals surface area contributed by atoms with E-state index in [4.69, 9.17) is 51.8 Å². The average molecular weight is 416 g/mol. The summed E-state index contributed by atoms with van der Waals surface area (Å²) in [5.74, 6) is 0. The Morgan fingerprint density at radius 3 is 2.62 bits per heavy atom. The molecule has 0 aliphatic rings. The highest BCUT2D eigenvalue weighted by atomic mass is 35.6. The van der Waals surface area contributed by atoms with Gasteiger partial charge in [0.1, 0.15) is 0 Å². The standard InChI is InChI=1S/C12H13Cl3N4O4S/c1-2-23-11(20)18-9(12(13,14)15)17-10(24)16-7-4-3-5-8(6-7)19(21)22/h3-6,9H,2H2,1H3,(H,18,20)(H2,16,17,24). The minimum atomic E-state index is -1.93. The van der Waals surface area contributed by atoms with E-state index in [1.54, 1.807) is 13.0 Å². The number of thiocarbonyl (C=S) groups is 1. The molecule has 0 spiro atoms. The minimum absolute atomic E-state index is 0.0244. The number of rotatable bonds is 5. The van der Waals surface area contributed by atoms with Crippen molar-refractivity contribution >= 4 is 69.6 Å². The molecule has 0 bridgehead atoms. The van der Waals surface area contributed by atoms with Crippen molar-refractivity contribution in [3.63, 3.8) is 0 Å². The molecule has 0 saturated heterocycles. The van der Waals surface area contributed by atoms with Crippen LogP contribution < -0.4 is 16.0 Å². The number of amides is 1. The van der Waals surface area contributed by atoms with E-state index >= 15 is 0 Å². The van der Waals surface area contributed by atoms with E-state index in [2.05, 4.69) is 16.0 Å². The Labute approximate surface area is 157 Å². The van der Waals surface area contributed by atoms with Gasteiger partial charge in [-0.2, -0.15) is 0 Å². The van der Waals surface area contributed by atoms with E-state index in [1.165, 1.54) is 18.2 Å². The van der Waals surface area contributed by atoms with Crippen LogP contribution in [0.25, 0.3) is 0 Å². The van der Waals surface area contributed by atoms with Crippen molar-refractivity contribution in [1.82, 2.24) is 10.6 Å². The molecule has 0 aliphatic heterocycles. The SMILES string of the molecule is CCOC(=O)NC(NC(=S)Nc1cccc([N+](=O)[O-])c1)C(Cl)(Cl)Cl. The molecule has 8 nitrogen and oxygen atoms in total. The molecule has 12 heteroatoms. The summed E-state index contributed by atoms with van der Waals surface area (Å²) in [6, 6.07) is 5.64. The van der Waals surface area contributed by atoms with E-state index in [0.717, 1.165) is 0 Å². The van der Waals surface area contributed by atoms with Crippen LogP contribution in [0.3, 0.4) is 0 Å². The molecule has 1 aromatic carbocycles. The van der Waals surface area contributed by atoms with Crippen molar-refractivity contribution in [2.75, 3.05) is 11.9 Å². The molecule has 0 saturated carbocycles. The highest BCUT2D eigenvalue weighted by molar-refractivity contribution is 7.80. The molecule has 0 heterocycles. The molecule has 24 heavy (non-hydrogen) atoms. The molecular weight excluding hydrogens is 403 g/mol. The first-order chi connectivity index (χ1) is 11.1. The van der Waals surface area contributed by atoms with Crippen LogP contribution in [0, 0.1) is 10.1 Å². The van der Waals surface area contributed by atoms with Crippen LogP contribution in [0.4, 0.5) is 16.2 Å². The molecule has 132 valence electrons. The number of alkyl carbamates (subject to hydrolysis) is 1. The number of hydrogen-bond acceptors (Lipinski definition) is 5. The Kier molecular flexibility index (Phi) is 7.74. The summed E-state index contributed by atoms with van der Waals surface area (Å²) in [5, 5.41) is 18.3. The average Bonchev–Trinajstić information content (AvgIpc) is 2.46. The number of nitrogens with one attached hydrogen (secondary N) is 3. The van der Waals surface area contributed by atoms with Gasteiger partial charge in [-0.25, -0.2) is 4.79 Å². The van der Waals surface area contributed by atoms with Crippen LogP contribution in [0.1, 0.15) is 6.92 Å². The lowest BCUT2D eigenvalue weighted by Crippen LogP contribution is -2.56. The number of ether oxygens (including phenoxy) is 1. The molecule has 0 radical (unpaired) electrons. The third-order valence-electron chi connectivity index (χ3n) is 2.46. The van der Waals surface area contributed by atoms with Crippen molar-refractivity contribution in [1.29, 1.82) is 0 Å². The Balaban J connectivity index is 2.76. The van der Waals surface area contributed by atoms with Gasteiger partial charge >= 0.3 is 6.09 Å². The zero-order valence-electron chi connectivity index (χ0n) is 12.2. The van der Waals surface area contributed by atoms with Gasteiger partial charge in [-0.05, 0) is 25.2 Å². The summed E-state index contributed by atoms with van der Waals surface area (Å²) in [6.45, 7) is 1.75. The number of carbonyl (C=O) groups is 1. The number of anilines is 1. The maximum absolute atomic E-state index is 11.5. The van der Waals surface area contributed by atoms with Gasteiger partial charge in [0.2, 0.25) is 3.79 Å². The van der Waals surface area contributed by atoms with Crippen LogP contribution in [0.15, 0.2) is 24.3 Å². The third kappa shape index (κ3) is 6.91. The number of halogens is 3. The van der Waals surface area contributed by atoms with Crippen LogP contribution >= 0.6 is 47.0 Å². The van der Waals surface area contributed by atoms with Gasteiger partial charge in [0.05, 0.1) is 11.5 Å². The normalized spacial score (nSPS) is 12.0. The predicted molar refractivity (Wildman–Crippen MR) is 96.7 cm³/mol. The molecule has 0 aromatic heterocycles. The molecule has 0 fully saturated rings. The smallest absolute Gasteiger partial charge is 0.408 e. The van der Waals surface area contributed by atoms with E-state index in [1.807, 2.05) is 0 Å². The highest BCUT2D eigenvalue weighted by Gasteiger charge is 2.35. The van der Waals surface area contributed by atoms with Gasteiger partial charge in [-0.3, -0.25) is 15.4 Å². The van der Waals surface area contributed by atoms with E-state index in [0.29, 0.717) is 5.69 Å². The van der Waals surface area contributed by atoms with Gasteiger partial charge in [0, 0.05) is 17.8 Å². The van der Waals surface area contributed by atoms with Crippen LogP contribution in [-0.4, -0.2) is 32.7 Å². The molecule has 3 N–H and O–H groups in total. The van der Waals surface area contributed by atoms with Crippen LogP contribution in [0.2, 0.25) is 0 Å². The van der Waals surface area contributed by atoms with Crippen molar-refractivity contribution < 1.29 is 14.5 Å². The zero-order valence-corrected chi connectivity index (χ0v) is 15.3. The molecule has 1 aromatic rings. The second-order valence-electron chi connectivity index (χ2n) is 4.25. The summed E-state index contributed by atoms with van der Waals surface area (Å²) in [6.07, 6.45) is -2.00. The van der Waals surface area contributed by atoms with Gasteiger partial charge in [-0.15, -0.1) is 0 Å². The number of benzene rings is 1. The monoisotopic (exact) mass is 414 g/mol. The summed E-state index contributed by atoms with van der Waals surface area (Å²) >= 11 is 22.4. The lowest BCUT2D eigenvalue weighted by atomic mass is 10.3. The van der Waals surface area contributed by atoms with Gasteiger partial charge in [0.25, 0.3) is 5.69 Å². The Morgan fingerprint density at radius 2 is 2.08 bits per heavy atom. The van der Waals surface area contributed by atoms with Crippen molar-refractivity contribution in [2.45, 2.75) is 16.9 Å². The quantitative estimate of drug-likeness (QED) is 0.223. The number of nitro benzene ring substituents is 1. The first-order valence-electron chi connectivity index (χ1n) is 6.45. The zero-order chi connectivity index (χ0) is 18.3. The van der Waals surface area contributed by atoms with Crippen LogP contribution in [-0.2, 0) is 4.74 Å². The number of alkyl halides is 3. The molecule has 1 atom stereocenters. The summed E-state index contributed by atoms with van der Waals surface area (Å²) in [5.41, 5.74) is 0.228. The maximum atomic E-state index is 11.5. The van der Waals surface area contributed by atoms with E-state index < -0.39 is 21.0 Å². The first kappa shape index (κ1) is 20.5. The van der Waals surface area contributed by atoms with Crippen molar-refractivity contribution in [3.8, 4) is 0 Å². The van der Waals surface area contributed by atoms with Crippen molar-refractivity contribution in [2.24, 2.45) is 0 Å². The van der Waals surface area contributed by atoms with Crippen molar-refractivity contribution in [3.05, 3.63) is 34.4 Å². The number of nitro groups is 1. The second-order valence-corrected chi connectivity index (χ2v) is 7.02. The van der Waals surface area contributed by atoms with Crippen LogP contribution in [0.5, 0.6) is 0 Å². The first-order valence-corrected chi connectivity index (χ1v) is 7.99. The van der Waals surface area contributed by atoms with Gasteiger partial charge in [-0.1, -0.05) is 40.9 Å². The molecule has 1 amide bonds. The molecular formula is C12H13Cl3N4O4S. The fraction of sp³-hybridized carbons (Fsp3) is 0.333. The fourth-order valence-corrected chi connectivity index (χ4v) is 2.05. The Morgan fingerprint density at radius 1 is 1.42 bits per heavy atom. The number of nitrogens with zero attached hydrogens (tertiary/aromatic N) is 1. The van der Waals surface area contributed by atoms with E-state index in [-0.39, 0.29) is 17.4 Å². The summed E-state index contributed by atoms with van der Waals surface area (Å²) < 4.78 is 2.78. The number of hydrogen-bond donors (Lipinski definition) is 3. The predicted octanol–water partition coefficient (Wildman–Crippen LogP) is 3.32. The largest absolute Gasteiger partial charge is 0.450 e. The molecule has 1 unspecified atom stereocenters. The highest BCUT2D eigenvalue weighted by Crippen LogP contribution is 2.29. The summed E-state index contributed by atoms with van der Waals surface area (Å²) in [4.78, 5) is 21.7. The third-order valence-corrected chi connectivity index (χ3v) is 3.33. The molecule has 0 aliphatic carbocycles. The maximum Gasteiger partial charge on any atom is 0.408 e. The van der Waals surface area contributed by atoms with E-state index in [9.17, 15) is 14.9 Å². The molecule has 1 rings (SSSR count). The fourth-order valence-electron chi connectivity index (χ4n) is 1.49.